The van der Waals surface area contributed by atoms with Gasteiger partial charge in [-0.25, -0.2) is 4.79 Å². The van der Waals surface area contributed by atoms with E-state index < -0.39 is 17.5 Å². The molecule has 1 N–H and O–H groups in total. The standard InChI is InChI=1S/C10H17NO4/c1-3-10(2,8(12)13)7-11-5-4-6-15-9(11)14/h3-7H2,1-2H3,(H,12,13). The van der Waals surface area contributed by atoms with Crippen molar-refractivity contribution in [3.63, 3.8) is 0 Å². The summed E-state index contributed by atoms with van der Waals surface area (Å²) in [6, 6.07) is 0. The Kier molecular flexibility index (Phi) is 3.55. The smallest absolute Gasteiger partial charge is 0.409 e. The molecule has 0 aromatic heterocycles. The summed E-state index contributed by atoms with van der Waals surface area (Å²) in [6.07, 6.45) is 0.860. The molecule has 1 saturated heterocycles. The molecule has 0 aromatic rings. The highest BCUT2D eigenvalue weighted by atomic mass is 16.6. The van der Waals surface area contributed by atoms with E-state index in [1.54, 1.807) is 6.92 Å². The van der Waals surface area contributed by atoms with Gasteiger partial charge in [-0.1, -0.05) is 6.92 Å². The van der Waals surface area contributed by atoms with Crippen LogP contribution in [-0.4, -0.2) is 41.8 Å². The van der Waals surface area contributed by atoms with E-state index in [1.165, 1.54) is 4.90 Å². The summed E-state index contributed by atoms with van der Waals surface area (Å²) in [5, 5.41) is 9.07. The van der Waals surface area contributed by atoms with Crippen molar-refractivity contribution in [3.8, 4) is 0 Å². The Morgan fingerprint density at radius 2 is 2.33 bits per heavy atom. The lowest BCUT2D eigenvalue weighted by Crippen LogP contribution is -2.46. The first kappa shape index (κ1) is 11.8. The van der Waals surface area contributed by atoms with Gasteiger partial charge in [-0.2, -0.15) is 0 Å². The third kappa shape index (κ3) is 2.61. The van der Waals surface area contributed by atoms with Crippen molar-refractivity contribution in [2.45, 2.75) is 26.7 Å². The van der Waals surface area contributed by atoms with E-state index in [2.05, 4.69) is 0 Å². The Hall–Kier alpha value is -1.26. The zero-order valence-electron chi connectivity index (χ0n) is 9.15. The van der Waals surface area contributed by atoms with E-state index in [4.69, 9.17) is 9.84 Å². The van der Waals surface area contributed by atoms with E-state index in [0.717, 1.165) is 6.42 Å². The van der Waals surface area contributed by atoms with Crippen LogP contribution in [0.2, 0.25) is 0 Å². The monoisotopic (exact) mass is 215 g/mol. The van der Waals surface area contributed by atoms with E-state index in [1.807, 2.05) is 6.92 Å². The Bertz CT molecular complexity index is 266. The van der Waals surface area contributed by atoms with Crippen LogP contribution in [-0.2, 0) is 9.53 Å². The minimum Gasteiger partial charge on any atom is -0.481 e. The minimum absolute atomic E-state index is 0.220. The molecule has 0 saturated carbocycles. The topological polar surface area (TPSA) is 66.8 Å². The number of ether oxygens (including phenoxy) is 1. The summed E-state index contributed by atoms with van der Waals surface area (Å²) in [7, 11) is 0. The van der Waals surface area contributed by atoms with Crippen molar-refractivity contribution < 1.29 is 19.4 Å². The molecule has 1 heterocycles. The highest BCUT2D eigenvalue weighted by Gasteiger charge is 2.36. The number of carboxylic acids is 1. The van der Waals surface area contributed by atoms with Gasteiger partial charge >= 0.3 is 12.1 Å². The quantitative estimate of drug-likeness (QED) is 0.768. The van der Waals surface area contributed by atoms with Gasteiger partial charge in [0.2, 0.25) is 0 Å². The molecule has 0 spiro atoms. The van der Waals surface area contributed by atoms with Crippen LogP contribution < -0.4 is 0 Å². The van der Waals surface area contributed by atoms with Gasteiger partial charge < -0.3 is 14.7 Å². The van der Waals surface area contributed by atoms with Crippen molar-refractivity contribution in [1.82, 2.24) is 4.90 Å². The highest BCUT2D eigenvalue weighted by Crippen LogP contribution is 2.24. The summed E-state index contributed by atoms with van der Waals surface area (Å²) >= 11 is 0. The molecule has 1 rings (SSSR count). The Labute approximate surface area is 89.0 Å². The van der Waals surface area contributed by atoms with Gasteiger partial charge in [0, 0.05) is 13.1 Å². The fourth-order valence-corrected chi connectivity index (χ4v) is 1.49. The average Bonchev–Trinajstić information content (AvgIpc) is 2.21. The molecule has 1 aliphatic rings. The van der Waals surface area contributed by atoms with E-state index in [9.17, 15) is 9.59 Å². The second-order valence-electron chi connectivity index (χ2n) is 4.11. The molecular weight excluding hydrogens is 198 g/mol. The van der Waals surface area contributed by atoms with Crippen LogP contribution in [0.5, 0.6) is 0 Å². The van der Waals surface area contributed by atoms with Gasteiger partial charge in [-0.3, -0.25) is 4.79 Å². The van der Waals surface area contributed by atoms with Gasteiger partial charge in [-0.05, 0) is 19.8 Å². The Balaban J connectivity index is 2.65. The number of amides is 1. The molecule has 5 heteroatoms. The number of cyclic esters (lactones) is 1. The van der Waals surface area contributed by atoms with Crippen LogP contribution in [0.4, 0.5) is 4.79 Å². The molecule has 0 bridgehead atoms. The van der Waals surface area contributed by atoms with Crippen molar-refractivity contribution in [1.29, 1.82) is 0 Å². The zero-order chi connectivity index (χ0) is 11.5. The summed E-state index contributed by atoms with van der Waals surface area (Å²) in [4.78, 5) is 23.8. The number of nitrogens with zero attached hydrogens (tertiary/aromatic N) is 1. The lowest BCUT2D eigenvalue weighted by Gasteiger charge is -2.33. The third-order valence-electron chi connectivity index (χ3n) is 2.89. The van der Waals surface area contributed by atoms with Gasteiger partial charge in [0.25, 0.3) is 0 Å². The summed E-state index contributed by atoms with van der Waals surface area (Å²) in [5.74, 6) is -0.872. The van der Waals surface area contributed by atoms with Gasteiger partial charge in [-0.15, -0.1) is 0 Å². The molecule has 1 amide bonds. The van der Waals surface area contributed by atoms with Crippen LogP contribution >= 0.6 is 0 Å². The van der Waals surface area contributed by atoms with E-state index >= 15 is 0 Å². The van der Waals surface area contributed by atoms with Gasteiger partial charge in [0.05, 0.1) is 12.0 Å². The Morgan fingerprint density at radius 3 is 2.80 bits per heavy atom. The molecule has 1 aliphatic heterocycles. The molecule has 0 aliphatic carbocycles. The first-order valence-corrected chi connectivity index (χ1v) is 5.14. The van der Waals surface area contributed by atoms with Crippen molar-refractivity contribution in [2.75, 3.05) is 19.7 Å². The molecule has 1 atom stereocenters. The van der Waals surface area contributed by atoms with Crippen LogP contribution in [0.15, 0.2) is 0 Å². The van der Waals surface area contributed by atoms with Crippen molar-refractivity contribution in [2.24, 2.45) is 5.41 Å². The second kappa shape index (κ2) is 4.51. The fourth-order valence-electron chi connectivity index (χ4n) is 1.49. The van der Waals surface area contributed by atoms with E-state index in [0.29, 0.717) is 19.6 Å². The second-order valence-corrected chi connectivity index (χ2v) is 4.11. The lowest BCUT2D eigenvalue weighted by atomic mass is 9.87. The zero-order valence-corrected chi connectivity index (χ0v) is 9.15. The number of rotatable bonds is 4. The summed E-state index contributed by atoms with van der Waals surface area (Å²) in [5.41, 5.74) is -0.879. The largest absolute Gasteiger partial charge is 0.481 e. The fraction of sp³-hybridized carbons (Fsp3) is 0.800. The summed E-state index contributed by atoms with van der Waals surface area (Å²) in [6.45, 7) is 4.70. The maximum absolute atomic E-state index is 11.3. The van der Waals surface area contributed by atoms with Crippen molar-refractivity contribution >= 4 is 12.1 Å². The minimum atomic E-state index is -0.879. The van der Waals surface area contributed by atoms with Crippen LogP contribution in [0.25, 0.3) is 0 Å². The lowest BCUT2D eigenvalue weighted by molar-refractivity contribution is -0.149. The molecular formula is C10H17NO4. The van der Waals surface area contributed by atoms with Crippen LogP contribution in [0, 0.1) is 5.41 Å². The Morgan fingerprint density at radius 1 is 1.67 bits per heavy atom. The normalized spacial score (nSPS) is 20.7. The predicted octanol–water partition coefficient (Wildman–Crippen LogP) is 1.33. The predicted molar refractivity (Wildman–Crippen MR) is 53.6 cm³/mol. The molecule has 1 fully saturated rings. The molecule has 86 valence electrons. The molecule has 1 unspecified atom stereocenters. The average molecular weight is 215 g/mol. The number of carbonyl (C=O) groups excluding carboxylic acids is 1. The van der Waals surface area contributed by atoms with Gasteiger partial charge in [0.1, 0.15) is 0 Å². The number of aliphatic carboxylic acids is 1. The molecule has 0 aromatic carbocycles. The number of hydrogen-bond donors (Lipinski definition) is 1. The molecule has 5 nitrogen and oxygen atoms in total. The van der Waals surface area contributed by atoms with Crippen LogP contribution in [0.3, 0.4) is 0 Å². The maximum atomic E-state index is 11.3. The maximum Gasteiger partial charge on any atom is 0.409 e. The number of hydrogen-bond acceptors (Lipinski definition) is 3. The number of carbonyl (C=O) groups is 2. The van der Waals surface area contributed by atoms with Crippen molar-refractivity contribution in [3.05, 3.63) is 0 Å². The SMILES string of the molecule is CCC(C)(CN1CCCOC1=O)C(=O)O. The number of carboxylic acid groups (broad SMARTS) is 1. The third-order valence-corrected chi connectivity index (χ3v) is 2.89. The van der Waals surface area contributed by atoms with E-state index in [-0.39, 0.29) is 6.54 Å². The van der Waals surface area contributed by atoms with Crippen LogP contribution in [0.1, 0.15) is 26.7 Å². The molecule has 15 heavy (non-hydrogen) atoms. The highest BCUT2D eigenvalue weighted by molar-refractivity contribution is 5.76. The first-order valence-electron chi connectivity index (χ1n) is 5.14. The molecule has 0 radical (unpaired) electrons. The van der Waals surface area contributed by atoms with Gasteiger partial charge in [0.15, 0.2) is 0 Å². The first-order chi connectivity index (χ1) is 6.99. The summed E-state index contributed by atoms with van der Waals surface area (Å²) < 4.78 is 4.85.